The number of hydrogen-bond donors (Lipinski definition) is 0. The number of pyridine rings is 2. The highest BCUT2D eigenvalue weighted by atomic mass is 15.0. The van der Waals surface area contributed by atoms with Crippen LogP contribution in [0.1, 0.15) is 25.1 Å². The molecule has 0 N–H and O–H groups in total. The molecular weight excluding hydrogens is 574 g/mol. The van der Waals surface area contributed by atoms with Crippen LogP contribution in [0.2, 0.25) is 0 Å². The van der Waals surface area contributed by atoms with Gasteiger partial charge < -0.3 is 0 Å². The summed E-state index contributed by atoms with van der Waals surface area (Å²) in [5.74, 6) is 1.81. The Hall–Kier alpha value is -6.07. The van der Waals surface area contributed by atoms with E-state index in [1.807, 2.05) is 92.7 Å². The minimum Gasteiger partial charge on any atom is -0.253 e. The molecule has 0 spiro atoms. The monoisotopic (exact) mass is 607 g/mol. The first-order chi connectivity index (χ1) is 23.1. The first kappa shape index (κ1) is 29.6. The average Bonchev–Trinajstić information content (AvgIpc) is 3.13. The molecule has 5 heteroatoms. The zero-order valence-electron chi connectivity index (χ0n) is 26.6. The normalized spacial score (nSPS) is 11.8. The Kier molecular flexibility index (Phi) is 8.27. The highest BCUT2D eigenvalue weighted by Crippen LogP contribution is 2.34. The van der Waals surface area contributed by atoms with Gasteiger partial charge in [0.15, 0.2) is 17.5 Å². The molecule has 0 amide bonds. The van der Waals surface area contributed by atoms with Gasteiger partial charge in [0.1, 0.15) is 0 Å². The fourth-order valence-corrected chi connectivity index (χ4v) is 5.74. The van der Waals surface area contributed by atoms with Gasteiger partial charge in [0.05, 0.1) is 16.9 Å². The number of aryl methyl sites for hydroxylation is 1. The molecular formula is C42H33N5. The second-order valence-electron chi connectivity index (χ2n) is 11.4. The van der Waals surface area contributed by atoms with Gasteiger partial charge in [-0.05, 0) is 74.4 Å². The number of para-hydroxylation sites is 1. The summed E-state index contributed by atoms with van der Waals surface area (Å²) in [6, 6.07) is 43.1. The Morgan fingerprint density at radius 3 is 1.70 bits per heavy atom. The molecule has 0 aliphatic carbocycles. The third-order valence-electron chi connectivity index (χ3n) is 8.02. The van der Waals surface area contributed by atoms with Crippen LogP contribution in [0.5, 0.6) is 0 Å². The van der Waals surface area contributed by atoms with Crippen molar-refractivity contribution in [2.24, 2.45) is 0 Å². The van der Waals surface area contributed by atoms with E-state index in [1.54, 1.807) is 0 Å². The van der Waals surface area contributed by atoms with Crippen LogP contribution in [0.3, 0.4) is 0 Å². The first-order valence-electron chi connectivity index (χ1n) is 15.7. The summed E-state index contributed by atoms with van der Waals surface area (Å²) in [5, 5.41) is 1.10. The zero-order valence-corrected chi connectivity index (χ0v) is 26.6. The summed E-state index contributed by atoms with van der Waals surface area (Å²) in [5.41, 5.74) is 10.5. The van der Waals surface area contributed by atoms with Gasteiger partial charge in [-0.15, -0.1) is 0 Å². The summed E-state index contributed by atoms with van der Waals surface area (Å²) < 4.78 is 0. The molecule has 5 nitrogen and oxygen atoms in total. The van der Waals surface area contributed by atoms with E-state index in [1.165, 1.54) is 0 Å². The number of nitrogens with zero attached hydrogens (tertiary/aromatic N) is 5. The van der Waals surface area contributed by atoms with Crippen molar-refractivity contribution < 1.29 is 0 Å². The highest BCUT2D eigenvalue weighted by molar-refractivity contribution is 5.85. The lowest BCUT2D eigenvalue weighted by Crippen LogP contribution is -2.01. The minimum atomic E-state index is 0.581. The van der Waals surface area contributed by atoms with E-state index in [4.69, 9.17) is 24.9 Å². The van der Waals surface area contributed by atoms with E-state index in [2.05, 4.69) is 73.7 Å². The number of aromatic nitrogens is 5. The smallest absolute Gasteiger partial charge is 0.164 e. The van der Waals surface area contributed by atoms with Crippen molar-refractivity contribution in [2.75, 3.05) is 0 Å². The molecule has 4 aromatic carbocycles. The second kappa shape index (κ2) is 13.1. The molecule has 0 radical (unpaired) electrons. The quantitative estimate of drug-likeness (QED) is 0.169. The Balaban J connectivity index is 1.47. The average molecular weight is 608 g/mol. The lowest BCUT2D eigenvalue weighted by molar-refractivity contribution is 1.07. The van der Waals surface area contributed by atoms with Crippen LogP contribution >= 0.6 is 0 Å². The Morgan fingerprint density at radius 1 is 0.489 bits per heavy atom. The summed E-state index contributed by atoms with van der Waals surface area (Å²) in [7, 11) is 0. The van der Waals surface area contributed by atoms with Gasteiger partial charge >= 0.3 is 0 Å². The van der Waals surface area contributed by atoms with Crippen LogP contribution in [0.25, 0.3) is 73.2 Å². The molecule has 0 unspecified atom stereocenters. The van der Waals surface area contributed by atoms with E-state index in [9.17, 15) is 0 Å². The van der Waals surface area contributed by atoms with Crippen molar-refractivity contribution in [2.45, 2.75) is 20.8 Å². The molecule has 0 saturated carbocycles. The second-order valence-corrected chi connectivity index (χ2v) is 11.4. The van der Waals surface area contributed by atoms with Gasteiger partial charge in [-0.3, -0.25) is 4.98 Å². The van der Waals surface area contributed by atoms with Crippen LogP contribution in [0.4, 0.5) is 0 Å². The standard InChI is InChI=1S/C42H33N5/c1-4-14-29(5-2)33-23-28(3)43-39(27-33)35-24-34(38-22-21-30-15-12-13-20-37(30)44-38)25-36(26-35)42-46-40(31-16-8-6-9-17-31)45-41(47-42)32-18-10-7-11-19-32/h4-27H,1-3H3/b14-4-,29-5+. The first-order valence-corrected chi connectivity index (χ1v) is 15.7. The lowest BCUT2D eigenvalue weighted by atomic mass is 9.97. The van der Waals surface area contributed by atoms with Crippen LogP contribution < -0.4 is 0 Å². The maximum Gasteiger partial charge on any atom is 0.164 e. The van der Waals surface area contributed by atoms with Crippen molar-refractivity contribution in [3.8, 4) is 56.7 Å². The zero-order chi connectivity index (χ0) is 32.2. The molecule has 0 aliphatic heterocycles. The summed E-state index contributed by atoms with van der Waals surface area (Å²) >= 11 is 0. The Labute approximate surface area is 275 Å². The number of rotatable bonds is 7. The van der Waals surface area contributed by atoms with Crippen molar-refractivity contribution in [1.82, 2.24) is 24.9 Å². The topological polar surface area (TPSA) is 64.5 Å². The predicted molar refractivity (Wildman–Crippen MR) is 193 cm³/mol. The van der Waals surface area contributed by atoms with Crippen LogP contribution in [-0.4, -0.2) is 24.9 Å². The summed E-state index contributed by atoms with van der Waals surface area (Å²) in [6.07, 6.45) is 6.31. The molecule has 226 valence electrons. The maximum atomic E-state index is 5.05. The van der Waals surface area contributed by atoms with E-state index in [0.29, 0.717) is 17.5 Å². The molecule has 47 heavy (non-hydrogen) atoms. The number of hydrogen-bond acceptors (Lipinski definition) is 5. The number of allylic oxidation sites excluding steroid dienone is 4. The van der Waals surface area contributed by atoms with E-state index in [0.717, 1.165) is 66.9 Å². The van der Waals surface area contributed by atoms with Crippen molar-refractivity contribution in [1.29, 1.82) is 0 Å². The molecule has 0 atom stereocenters. The fraction of sp³-hybridized carbons (Fsp3) is 0.0714. The summed E-state index contributed by atoms with van der Waals surface area (Å²) in [6.45, 7) is 6.13. The van der Waals surface area contributed by atoms with E-state index in [-0.39, 0.29) is 0 Å². The molecule has 0 aliphatic rings. The molecule has 0 fully saturated rings. The molecule has 7 aromatic rings. The molecule has 0 bridgehead atoms. The third-order valence-corrected chi connectivity index (χ3v) is 8.02. The molecule has 3 heterocycles. The van der Waals surface area contributed by atoms with Crippen molar-refractivity contribution >= 4 is 16.5 Å². The maximum absolute atomic E-state index is 5.05. The molecule has 7 rings (SSSR count). The Bertz CT molecular complexity index is 2210. The van der Waals surface area contributed by atoms with Crippen LogP contribution in [-0.2, 0) is 0 Å². The van der Waals surface area contributed by atoms with Gasteiger partial charge in [-0.25, -0.2) is 19.9 Å². The largest absolute Gasteiger partial charge is 0.253 e. The fourth-order valence-electron chi connectivity index (χ4n) is 5.74. The summed E-state index contributed by atoms with van der Waals surface area (Å²) in [4.78, 5) is 25.0. The highest BCUT2D eigenvalue weighted by Gasteiger charge is 2.16. The van der Waals surface area contributed by atoms with Gasteiger partial charge in [-0.1, -0.05) is 103 Å². The van der Waals surface area contributed by atoms with Crippen molar-refractivity contribution in [3.05, 3.63) is 157 Å². The predicted octanol–water partition coefficient (Wildman–Crippen LogP) is 10.4. The number of benzene rings is 4. The molecule has 3 aromatic heterocycles. The van der Waals surface area contributed by atoms with Gasteiger partial charge in [-0.2, -0.15) is 0 Å². The van der Waals surface area contributed by atoms with Gasteiger partial charge in [0, 0.05) is 38.9 Å². The third kappa shape index (κ3) is 6.37. The SMILES string of the molecule is C/C=C\C(=C/C)c1cc(C)nc(-c2cc(-c3ccc4ccccc4n3)cc(-c3nc(-c4ccccc4)nc(-c4ccccc4)n3)c2)c1. The molecule has 0 saturated heterocycles. The van der Waals surface area contributed by atoms with E-state index >= 15 is 0 Å². The van der Waals surface area contributed by atoms with Crippen LogP contribution in [0, 0.1) is 6.92 Å². The lowest BCUT2D eigenvalue weighted by Gasteiger charge is -2.13. The van der Waals surface area contributed by atoms with E-state index < -0.39 is 0 Å². The van der Waals surface area contributed by atoms with Gasteiger partial charge in [0.25, 0.3) is 0 Å². The minimum absolute atomic E-state index is 0.581. The van der Waals surface area contributed by atoms with Crippen molar-refractivity contribution in [3.63, 3.8) is 0 Å². The Morgan fingerprint density at radius 2 is 1.06 bits per heavy atom. The van der Waals surface area contributed by atoms with Crippen LogP contribution in [0.15, 0.2) is 146 Å². The number of fused-ring (bicyclic) bond motifs is 1. The van der Waals surface area contributed by atoms with Gasteiger partial charge in [0.2, 0.25) is 0 Å².